The number of amides is 2. The highest BCUT2D eigenvalue weighted by molar-refractivity contribution is 9.10. The van der Waals surface area contributed by atoms with Crippen LogP contribution in [0.25, 0.3) is 5.69 Å². The molecule has 1 saturated heterocycles. The van der Waals surface area contributed by atoms with E-state index in [1.165, 1.54) is 6.07 Å². The number of benzene rings is 2. The van der Waals surface area contributed by atoms with Crippen molar-refractivity contribution in [3.05, 3.63) is 75.9 Å². The summed E-state index contributed by atoms with van der Waals surface area (Å²) in [6.45, 7) is 5.69. The largest absolute Gasteiger partial charge is 0.383 e. The Kier molecular flexibility index (Phi) is 8.45. The second kappa shape index (κ2) is 11.6. The van der Waals surface area contributed by atoms with Crippen LogP contribution in [-0.2, 0) is 10.2 Å². The molecule has 0 saturated carbocycles. The van der Waals surface area contributed by atoms with Crippen molar-refractivity contribution in [1.29, 1.82) is 5.26 Å². The second-order valence-corrected chi connectivity index (χ2v) is 10.5. The predicted octanol–water partition coefficient (Wildman–Crippen LogP) is 4.95. The Morgan fingerprint density at radius 1 is 1.21 bits per heavy atom. The van der Waals surface area contributed by atoms with Gasteiger partial charge in [-0.15, -0.1) is 0 Å². The average Bonchev–Trinajstić information content (AvgIpc) is 3.45. The molecule has 2 unspecified atom stereocenters. The SMILES string of the molecule is COCCN1CC(NC(=O)Nc2c(Br)c(C(C)(C)C#N)nn2-c2ccccc2)C(c2ccc(F)c(F)c2)C1. The number of nitrogens with zero attached hydrogens (tertiary/aromatic N) is 4. The van der Waals surface area contributed by atoms with E-state index in [2.05, 4.69) is 42.6 Å². The fraction of sp³-hybridized carbons (Fsp3) is 0.370. The van der Waals surface area contributed by atoms with Crippen LogP contribution in [0, 0.1) is 23.0 Å². The number of para-hydroxylation sites is 1. The summed E-state index contributed by atoms with van der Waals surface area (Å²) < 4.78 is 34.9. The fourth-order valence-electron chi connectivity index (χ4n) is 4.54. The van der Waals surface area contributed by atoms with Crippen molar-refractivity contribution in [3.63, 3.8) is 0 Å². The molecule has 2 N–H and O–H groups in total. The summed E-state index contributed by atoms with van der Waals surface area (Å²) in [5, 5.41) is 20.2. The van der Waals surface area contributed by atoms with Gasteiger partial charge in [0.25, 0.3) is 0 Å². The first-order valence-corrected chi connectivity index (χ1v) is 12.9. The van der Waals surface area contributed by atoms with E-state index in [9.17, 15) is 18.8 Å². The summed E-state index contributed by atoms with van der Waals surface area (Å²) in [6.07, 6.45) is 0. The molecule has 0 radical (unpaired) electrons. The second-order valence-electron chi connectivity index (χ2n) is 9.73. The summed E-state index contributed by atoms with van der Waals surface area (Å²) in [5.41, 5.74) is 0.861. The summed E-state index contributed by atoms with van der Waals surface area (Å²) in [5.74, 6) is -1.74. The average molecular weight is 587 g/mol. The Balaban J connectivity index is 1.61. The van der Waals surface area contributed by atoms with Crippen LogP contribution in [-0.4, -0.2) is 60.1 Å². The molecule has 2 aromatic carbocycles. The van der Waals surface area contributed by atoms with Crippen molar-refractivity contribution >= 4 is 27.8 Å². The Bertz CT molecular complexity index is 1340. The first kappa shape index (κ1) is 27.7. The molecule has 2 amide bonds. The lowest BCUT2D eigenvalue weighted by atomic mass is 9.92. The zero-order valence-electron chi connectivity index (χ0n) is 21.3. The van der Waals surface area contributed by atoms with Crippen LogP contribution in [0.15, 0.2) is 53.0 Å². The van der Waals surface area contributed by atoms with Crippen LogP contribution in [0.5, 0.6) is 0 Å². The van der Waals surface area contributed by atoms with E-state index in [4.69, 9.17) is 4.74 Å². The third-order valence-corrected chi connectivity index (χ3v) is 7.38. The molecule has 200 valence electrons. The van der Waals surface area contributed by atoms with Crippen LogP contribution in [0.2, 0.25) is 0 Å². The van der Waals surface area contributed by atoms with Gasteiger partial charge < -0.3 is 10.1 Å². The van der Waals surface area contributed by atoms with Gasteiger partial charge in [-0.25, -0.2) is 18.3 Å². The normalized spacial score (nSPS) is 17.8. The molecule has 0 spiro atoms. The summed E-state index contributed by atoms with van der Waals surface area (Å²) in [7, 11) is 1.61. The van der Waals surface area contributed by atoms with E-state index >= 15 is 0 Å². The zero-order chi connectivity index (χ0) is 27.4. The number of urea groups is 1. The van der Waals surface area contributed by atoms with Gasteiger partial charge in [-0.3, -0.25) is 10.2 Å². The lowest BCUT2D eigenvalue weighted by Crippen LogP contribution is -2.42. The Labute approximate surface area is 228 Å². The number of rotatable bonds is 8. The van der Waals surface area contributed by atoms with E-state index < -0.39 is 23.1 Å². The Morgan fingerprint density at radius 3 is 2.61 bits per heavy atom. The molecule has 1 fully saturated rings. The zero-order valence-corrected chi connectivity index (χ0v) is 22.9. The van der Waals surface area contributed by atoms with Gasteiger partial charge in [0.1, 0.15) is 0 Å². The van der Waals surface area contributed by atoms with Crippen molar-refractivity contribution < 1.29 is 18.3 Å². The highest BCUT2D eigenvalue weighted by Gasteiger charge is 2.36. The van der Waals surface area contributed by atoms with E-state index in [0.717, 1.165) is 6.07 Å². The molecule has 38 heavy (non-hydrogen) atoms. The number of carbonyl (C=O) groups excluding carboxylic acids is 1. The minimum atomic E-state index is -0.927. The maximum Gasteiger partial charge on any atom is 0.320 e. The topological polar surface area (TPSA) is 95.2 Å². The van der Waals surface area contributed by atoms with Crippen LogP contribution in [0.4, 0.5) is 19.4 Å². The van der Waals surface area contributed by atoms with Crippen molar-refractivity contribution in [2.75, 3.05) is 38.7 Å². The molecule has 1 aromatic heterocycles. The van der Waals surface area contributed by atoms with Gasteiger partial charge in [-0.1, -0.05) is 24.3 Å². The summed E-state index contributed by atoms with van der Waals surface area (Å²) in [4.78, 5) is 15.4. The molecule has 2 heterocycles. The smallest absolute Gasteiger partial charge is 0.320 e. The molecule has 1 aliphatic heterocycles. The molecule has 1 aliphatic rings. The van der Waals surface area contributed by atoms with Crippen molar-refractivity contribution in [2.45, 2.75) is 31.2 Å². The van der Waals surface area contributed by atoms with Crippen molar-refractivity contribution in [1.82, 2.24) is 20.0 Å². The molecular formula is C27H29BrF2N6O2. The molecule has 0 aliphatic carbocycles. The first-order valence-electron chi connectivity index (χ1n) is 12.1. The van der Waals surface area contributed by atoms with Crippen LogP contribution in [0.3, 0.4) is 0 Å². The molecule has 4 rings (SSSR count). The van der Waals surface area contributed by atoms with E-state index in [1.807, 2.05) is 30.3 Å². The van der Waals surface area contributed by atoms with E-state index in [1.54, 1.807) is 31.7 Å². The number of ether oxygens (including phenoxy) is 1. The Hall–Kier alpha value is -3.33. The van der Waals surface area contributed by atoms with Crippen molar-refractivity contribution in [3.8, 4) is 11.8 Å². The molecule has 0 bridgehead atoms. The predicted molar refractivity (Wildman–Crippen MR) is 143 cm³/mol. The van der Waals surface area contributed by atoms with Gasteiger partial charge in [0.15, 0.2) is 17.5 Å². The van der Waals surface area contributed by atoms with Gasteiger partial charge in [0, 0.05) is 32.7 Å². The number of nitriles is 1. The minimum absolute atomic E-state index is 0.261. The van der Waals surface area contributed by atoms with E-state index in [-0.39, 0.29) is 12.0 Å². The molecule has 3 aromatic rings. The number of likely N-dealkylation sites (tertiary alicyclic amines) is 1. The summed E-state index contributed by atoms with van der Waals surface area (Å²) >= 11 is 3.54. The van der Waals surface area contributed by atoms with Crippen LogP contribution >= 0.6 is 15.9 Å². The van der Waals surface area contributed by atoms with E-state index in [0.29, 0.717) is 53.5 Å². The quantitative estimate of drug-likeness (QED) is 0.389. The monoisotopic (exact) mass is 586 g/mol. The number of aromatic nitrogens is 2. The maximum atomic E-state index is 14.0. The van der Waals surface area contributed by atoms with Crippen LogP contribution in [0.1, 0.15) is 31.0 Å². The molecule has 11 heteroatoms. The van der Waals surface area contributed by atoms with Gasteiger partial charge >= 0.3 is 6.03 Å². The molecular weight excluding hydrogens is 558 g/mol. The number of hydrogen-bond donors (Lipinski definition) is 2. The lowest BCUT2D eigenvalue weighted by molar-refractivity contribution is 0.159. The van der Waals surface area contributed by atoms with Gasteiger partial charge in [0.2, 0.25) is 0 Å². The number of nitrogens with one attached hydrogen (secondary N) is 2. The van der Waals surface area contributed by atoms with Gasteiger partial charge in [0.05, 0.1) is 40.0 Å². The number of carbonyl (C=O) groups is 1. The van der Waals surface area contributed by atoms with Gasteiger partial charge in [-0.2, -0.15) is 10.4 Å². The lowest BCUT2D eigenvalue weighted by Gasteiger charge is -2.21. The first-order chi connectivity index (χ1) is 18.1. The number of anilines is 1. The minimum Gasteiger partial charge on any atom is -0.383 e. The van der Waals surface area contributed by atoms with Gasteiger partial charge in [-0.05, 0) is 59.6 Å². The fourth-order valence-corrected chi connectivity index (χ4v) is 5.38. The highest BCUT2D eigenvalue weighted by atomic mass is 79.9. The molecule has 8 nitrogen and oxygen atoms in total. The maximum absolute atomic E-state index is 14.0. The molecule has 2 atom stereocenters. The van der Waals surface area contributed by atoms with Crippen LogP contribution < -0.4 is 10.6 Å². The standard InChI is InChI=1S/C27H29BrF2N6O2/c1-27(2,16-31)24-23(28)25(36(34-24)18-7-5-4-6-8-18)33-26(37)32-22-15-35(11-12-38-3)14-19(22)17-9-10-20(29)21(30)13-17/h4-10,13,19,22H,11-12,14-15H2,1-3H3,(H2,32,33,37). The third kappa shape index (κ3) is 5.88. The third-order valence-electron chi connectivity index (χ3n) is 6.63. The Morgan fingerprint density at radius 2 is 1.95 bits per heavy atom. The summed E-state index contributed by atoms with van der Waals surface area (Å²) in [6, 6.07) is 14.5. The highest BCUT2D eigenvalue weighted by Crippen LogP contribution is 2.36. The van der Waals surface area contributed by atoms with Crippen molar-refractivity contribution in [2.24, 2.45) is 0 Å². The number of hydrogen-bond acceptors (Lipinski definition) is 5. The number of methoxy groups -OCH3 is 1. The number of halogens is 3.